The molecule has 1 unspecified atom stereocenters. The van der Waals surface area contributed by atoms with Gasteiger partial charge in [-0.25, -0.2) is 0 Å². The second kappa shape index (κ2) is 2.94. The second-order valence-corrected chi connectivity index (χ2v) is 4.19. The largest absolute Gasteiger partial charge is 0.370 e. The van der Waals surface area contributed by atoms with Crippen molar-refractivity contribution in [2.45, 2.75) is 39.7 Å². The Morgan fingerprint density at radius 2 is 2.09 bits per heavy atom. The highest BCUT2D eigenvalue weighted by Crippen LogP contribution is 2.26. The van der Waals surface area contributed by atoms with E-state index >= 15 is 0 Å². The Hall–Kier alpha value is -0.370. The van der Waals surface area contributed by atoms with Gasteiger partial charge in [0.2, 0.25) is 0 Å². The molecule has 0 bridgehead atoms. The van der Waals surface area contributed by atoms with Crippen LogP contribution in [0, 0.1) is 5.41 Å². The summed E-state index contributed by atoms with van der Waals surface area (Å²) in [6.07, 6.45) is 1.42. The quantitative estimate of drug-likeness (QED) is 0.534. The van der Waals surface area contributed by atoms with Gasteiger partial charge in [-0.3, -0.25) is 4.79 Å². The van der Waals surface area contributed by atoms with Crippen LogP contribution in [0.1, 0.15) is 33.6 Å². The van der Waals surface area contributed by atoms with Crippen LogP contribution in [0.4, 0.5) is 0 Å². The fourth-order valence-electron chi connectivity index (χ4n) is 1.40. The van der Waals surface area contributed by atoms with Crippen molar-refractivity contribution in [2.75, 3.05) is 6.61 Å². The van der Waals surface area contributed by atoms with E-state index in [-0.39, 0.29) is 17.3 Å². The van der Waals surface area contributed by atoms with E-state index in [0.717, 1.165) is 13.0 Å². The Morgan fingerprint density at radius 1 is 1.45 bits per heavy atom. The summed E-state index contributed by atoms with van der Waals surface area (Å²) in [4.78, 5) is 11.3. The van der Waals surface area contributed by atoms with E-state index in [1.54, 1.807) is 0 Å². The van der Waals surface area contributed by atoms with Crippen LogP contribution < -0.4 is 0 Å². The summed E-state index contributed by atoms with van der Waals surface area (Å²) in [6.45, 7) is 6.87. The van der Waals surface area contributed by atoms with Gasteiger partial charge in [0.15, 0.2) is 5.78 Å². The molecular weight excluding hydrogens is 140 g/mol. The van der Waals surface area contributed by atoms with Crippen molar-refractivity contribution in [2.24, 2.45) is 5.41 Å². The van der Waals surface area contributed by atoms with E-state index in [1.165, 1.54) is 0 Å². The van der Waals surface area contributed by atoms with Crippen molar-refractivity contribution in [1.29, 1.82) is 0 Å². The van der Waals surface area contributed by atoms with Crippen molar-refractivity contribution in [1.82, 2.24) is 0 Å². The summed E-state index contributed by atoms with van der Waals surface area (Å²) in [5.41, 5.74) is -0.0303. The van der Waals surface area contributed by atoms with Crippen LogP contribution in [0.5, 0.6) is 0 Å². The van der Waals surface area contributed by atoms with Crippen molar-refractivity contribution in [3.63, 3.8) is 0 Å². The molecule has 1 atom stereocenters. The normalized spacial score (nSPS) is 27.2. The standard InChI is InChI=1S/C9H16O2/c1-9(2,3)8-7(10)5-4-6-11-8/h8H,4-6H2,1-3H3. The average molecular weight is 156 g/mol. The van der Waals surface area contributed by atoms with Gasteiger partial charge in [0.25, 0.3) is 0 Å². The summed E-state index contributed by atoms with van der Waals surface area (Å²) in [5.74, 6) is 0.267. The number of ether oxygens (including phenoxy) is 1. The van der Waals surface area contributed by atoms with Gasteiger partial charge in [0.05, 0.1) is 0 Å². The Labute approximate surface area is 67.9 Å². The minimum atomic E-state index is -0.170. The minimum Gasteiger partial charge on any atom is -0.370 e. The van der Waals surface area contributed by atoms with E-state index in [4.69, 9.17) is 4.74 Å². The highest BCUT2D eigenvalue weighted by Gasteiger charge is 2.33. The zero-order valence-electron chi connectivity index (χ0n) is 7.52. The molecule has 1 rings (SSSR count). The zero-order valence-corrected chi connectivity index (χ0v) is 7.52. The lowest BCUT2D eigenvalue weighted by molar-refractivity contribution is -0.143. The van der Waals surface area contributed by atoms with Gasteiger partial charge in [-0.05, 0) is 11.8 Å². The molecule has 0 aromatic heterocycles. The lowest BCUT2D eigenvalue weighted by Crippen LogP contribution is -2.40. The van der Waals surface area contributed by atoms with Gasteiger partial charge in [-0.2, -0.15) is 0 Å². The maximum absolute atomic E-state index is 11.3. The number of carbonyl (C=O) groups is 1. The third-order valence-corrected chi connectivity index (χ3v) is 1.93. The molecule has 11 heavy (non-hydrogen) atoms. The maximum atomic E-state index is 11.3. The van der Waals surface area contributed by atoms with Crippen molar-refractivity contribution < 1.29 is 9.53 Å². The lowest BCUT2D eigenvalue weighted by atomic mass is 9.84. The fourth-order valence-corrected chi connectivity index (χ4v) is 1.40. The van der Waals surface area contributed by atoms with Crippen LogP contribution in [-0.4, -0.2) is 18.5 Å². The molecule has 0 aromatic carbocycles. The average Bonchev–Trinajstić information content (AvgIpc) is 1.86. The van der Waals surface area contributed by atoms with Gasteiger partial charge < -0.3 is 4.74 Å². The predicted molar refractivity (Wildman–Crippen MR) is 43.4 cm³/mol. The highest BCUT2D eigenvalue weighted by molar-refractivity contribution is 5.84. The first-order chi connectivity index (χ1) is 5.02. The van der Waals surface area contributed by atoms with Crippen LogP contribution in [-0.2, 0) is 9.53 Å². The molecule has 1 aliphatic rings. The Morgan fingerprint density at radius 3 is 2.45 bits per heavy atom. The number of ketones is 1. The van der Waals surface area contributed by atoms with Crippen molar-refractivity contribution in [3.05, 3.63) is 0 Å². The number of hydrogen-bond donors (Lipinski definition) is 0. The number of Topliss-reactive ketones (excluding diaryl/α,β-unsaturated/α-hetero) is 1. The van der Waals surface area contributed by atoms with Crippen molar-refractivity contribution in [3.8, 4) is 0 Å². The molecule has 0 saturated carbocycles. The molecule has 0 aromatic rings. The molecule has 0 spiro atoms. The SMILES string of the molecule is CC(C)(C)C1OCCCC1=O. The molecule has 0 radical (unpaired) electrons. The molecule has 1 aliphatic heterocycles. The van der Waals surface area contributed by atoms with E-state index in [2.05, 4.69) is 0 Å². The molecule has 2 nitrogen and oxygen atoms in total. The first kappa shape index (κ1) is 8.72. The van der Waals surface area contributed by atoms with Crippen LogP contribution in [0.2, 0.25) is 0 Å². The summed E-state index contributed by atoms with van der Waals surface area (Å²) in [6, 6.07) is 0. The van der Waals surface area contributed by atoms with E-state index in [0.29, 0.717) is 6.42 Å². The molecule has 64 valence electrons. The van der Waals surface area contributed by atoms with Crippen molar-refractivity contribution >= 4 is 5.78 Å². The van der Waals surface area contributed by atoms with E-state index in [9.17, 15) is 4.79 Å². The minimum absolute atomic E-state index is 0.0303. The summed E-state index contributed by atoms with van der Waals surface area (Å²) < 4.78 is 5.41. The summed E-state index contributed by atoms with van der Waals surface area (Å²) in [7, 11) is 0. The van der Waals surface area contributed by atoms with Crippen LogP contribution in [0.3, 0.4) is 0 Å². The topological polar surface area (TPSA) is 26.3 Å². The van der Waals surface area contributed by atoms with Gasteiger partial charge in [-0.15, -0.1) is 0 Å². The molecule has 0 N–H and O–H groups in total. The molecule has 0 aliphatic carbocycles. The van der Waals surface area contributed by atoms with Crippen LogP contribution in [0.15, 0.2) is 0 Å². The monoisotopic (exact) mass is 156 g/mol. The zero-order chi connectivity index (χ0) is 8.48. The third kappa shape index (κ3) is 2.03. The lowest BCUT2D eigenvalue weighted by Gasteiger charge is -2.32. The molecule has 1 fully saturated rings. The van der Waals surface area contributed by atoms with Gasteiger partial charge in [-0.1, -0.05) is 20.8 Å². The third-order valence-electron chi connectivity index (χ3n) is 1.93. The molecular formula is C9H16O2. The first-order valence-corrected chi connectivity index (χ1v) is 4.16. The van der Waals surface area contributed by atoms with E-state index in [1.807, 2.05) is 20.8 Å². The fraction of sp³-hybridized carbons (Fsp3) is 0.889. The van der Waals surface area contributed by atoms with Crippen LogP contribution in [0.25, 0.3) is 0 Å². The van der Waals surface area contributed by atoms with Crippen LogP contribution >= 0.6 is 0 Å². The Kier molecular flexibility index (Phi) is 2.33. The molecule has 2 heteroatoms. The summed E-state index contributed by atoms with van der Waals surface area (Å²) >= 11 is 0. The van der Waals surface area contributed by atoms with Gasteiger partial charge >= 0.3 is 0 Å². The predicted octanol–water partition coefficient (Wildman–Crippen LogP) is 1.78. The molecule has 0 amide bonds. The maximum Gasteiger partial charge on any atom is 0.162 e. The smallest absolute Gasteiger partial charge is 0.162 e. The second-order valence-electron chi connectivity index (χ2n) is 4.19. The molecule has 1 saturated heterocycles. The highest BCUT2D eigenvalue weighted by atomic mass is 16.5. The first-order valence-electron chi connectivity index (χ1n) is 4.16. The number of rotatable bonds is 0. The van der Waals surface area contributed by atoms with Gasteiger partial charge in [0, 0.05) is 13.0 Å². The molecule has 1 heterocycles. The Bertz CT molecular complexity index is 155. The van der Waals surface area contributed by atoms with Gasteiger partial charge in [0.1, 0.15) is 6.10 Å². The summed E-state index contributed by atoms with van der Waals surface area (Å²) in [5, 5.41) is 0. The van der Waals surface area contributed by atoms with E-state index < -0.39 is 0 Å². The number of hydrogen-bond acceptors (Lipinski definition) is 2. The number of carbonyl (C=O) groups excluding carboxylic acids is 1. The Balaban J connectivity index is 2.62.